The fraction of sp³-hybridized carbons (Fsp3) is 0.235. The quantitative estimate of drug-likeness (QED) is 0.865. The zero-order valence-corrected chi connectivity index (χ0v) is 13.9. The number of rotatable bonds is 4. The van der Waals surface area contributed by atoms with Gasteiger partial charge in [0.25, 0.3) is 0 Å². The number of methoxy groups -OCH3 is 1. The van der Waals surface area contributed by atoms with Crippen LogP contribution in [0.4, 0.5) is 5.69 Å². The van der Waals surface area contributed by atoms with Crippen LogP contribution in [0.5, 0.6) is 5.75 Å². The second-order valence-corrected chi connectivity index (χ2v) is 5.82. The van der Waals surface area contributed by atoms with Crippen molar-refractivity contribution in [1.29, 1.82) is 5.26 Å². The van der Waals surface area contributed by atoms with Crippen LogP contribution in [0, 0.1) is 18.3 Å². The average Bonchev–Trinajstić information content (AvgIpc) is 2.49. The van der Waals surface area contributed by atoms with E-state index in [-0.39, 0.29) is 6.04 Å². The number of hydrogen-bond donors (Lipinski definition) is 1. The molecule has 2 rings (SSSR count). The number of nitrogens with zero attached hydrogens (tertiary/aromatic N) is 1. The van der Waals surface area contributed by atoms with Gasteiger partial charge in [-0.05, 0) is 49.2 Å². The Bertz CT molecular complexity index is 692. The first-order valence-electron chi connectivity index (χ1n) is 6.66. The van der Waals surface area contributed by atoms with E-state index < -0.39 is 0 Å². The first-order valence-corrected chi connectivity index (χ1v) is 7.45. The van der Waals surface area contributed by atoms with Gasteiger partial charge in [0.15, 0.2) is 0 Å². The molecule has 21 heavy (non-hydrogen) atoms. The Morgan fingerprint density at radius 2 is 2.05 bits per heavy atom. The van der Waals surface area contributed by atoms with Crippen LogP contribution in [-0.2, 0) is 0 Å². The van der Waals surface area contributed by atoms with Gasteiger partial charge >= 0.3 is 0 Å². The van der Waals surface area contributed by atoms with Gasteiger partial charge in [-0.2, -0.15) is 5.26 Å². The number of nitriles is 1. The summed E-state index contributed by atoms with van der Waals surface area (Å²) in [5, 5.41) is 12.5. The van der Waals surface area contributed by atoms with Gasteiger partial charge in [-0.3, -0.25) is 0 Å². The molecule has 1 atom stereocenters. The highest BCUT2D eigenvalue weighted by atomic mass is 79.9. The van der Waals surface area contributed by atoms with Gasteiger partial charge in [-0.25, -0.2) is 0 Å². The maximum Gasteiger partial charge on any atom is 0.143 e. The summed E-state index contributed by atoms with van der Waals surface area (Å²) in [4.78, 5) is 0. The zero-order chi connectivity index (χ0) is 15.4. The molecule has 0 saturated carbocycles. The number of benzene rings is 2. The first kappa shape index (κ1) is 15.4. The SMILES string of the molecule is COc1cc(Br)cc(C)c1NC(C)c1cccc(C#N)c1. The minimum Gasteiger partial charge on any atom is -0.495 e. The van der Waals surface area contributed by atoms with E-state index in [1.807, 2.05) is 43.3 Å². The fourth-order valence-corrected chi connectivity index (χ4v) is 2.79. The lowest BCUT2D eigenvalue weighted by Gasteiger charge is -2.20. The maximum absolute atomic E-state index is 8.99. The number of anilines is 1. The number of aryl methyl sites for hydroxylation is 1. The Balaban J connectivity index is 2.31. The summed E-state index contributed by atoms with van der Waals surface area (Å²) in [5.74, 6) is 0.796. The second-order valence-electron chi connectivity index (χ2n) is 4.90. The predicted molar refractivity (Wildman–Crippen MR) is 88.6 cm³/mol. The summed E-state index contributed by atoms with van der Waals surface area (Å²) in [6, 6.07) is 13.8. The molecule has 0 aliphatic carbocycles. The molecule has 4 heteroatoms. The molecule has 3 nitrogen and oxygen atoms in total. The van der Waals surface area contributed by atoms with Crippen molar-refractivity contribution < 1.29 is 4.74 Å². The third-order valence-corrected chi connectivity index (χ3v) is 3.82. The molecule has 0 radical (unpaired) electrons. The van der Waals surface area contributed by atoms with Crippen molar-refractivity contribution in [2.24, 2.45) is 0 Å². The summed E-state index contributed by atoms with van der Waals surface area (Å²) in [7, 11) is 1.66. The van der Waals surface area contributed by atoms with Crippen LogP contribution in [-0.4, -0.2) is 7.11 Å². The lowest BCUT2D eigenvalue weighted by atomic mass is 10.0. The lowest BCUT2D eigenvalue weighted by Crippen LogP contribution is -2.09. The summed E-state index contributed by atoms with van der Waals surface area (Å²) in [6.45, 7) is 4.10. The van der Waals surface area contributed by atoms with Gasteiger partial charge in [-0.15, -0.1) is 0 Å². The Labute approximate surface area is 133 Å². The van der Waals surface area contributed by atoms with Crippen molar-refractivity contribution in [3.05, 3.63) is 57.6 Å². The summed E-state index contributed by atoms with van der Waals surface area (Å²) in [6.07, 6.45) is 0. The molecule has 2 aromatic rings. The van der Waals surface area contributed by atoms with Crippen LogP contribution in [0.1, 0.15) is 29.7 Å². The molecule has 0 spiro atoms. The van der Waals surface area contributed by atoms with Gasteiger partial charge in [0.2, 0.25) is 0 Å². The second kappa shape index (κ2) is 6.64. The largest absolute Gasteiger partial charge is 0.495 e. The van der Waals surface area contributed by atoms with Crippen molar-refractivity contribution in [2.45, 2.75) is 19.9 Å². The number of halogens is 1. The van der Waals surface area contributed by atoms with Gasteiger partial charge in [-0.1, -0.05) is 28.1 Å². The van der Waals surface area contributed by atoms with E-state index in [0.29, 0.717) is 5.56 Å². The molecule has 1 unspecified atom stereocenters. The van der Waals surface area contributed by atoms with Crippen LogP contribution in [0.3, 0.4) is 0 Å². The Morgan fingerprint density at radius 1 is 1.29 bits per heavy atom. The van der Waals surface area contributed by atoms with Gasteiger partial charge < -0.3 is 10.1 Å². The number of nitrogens with one attached hydrogen (secondary N) is 1. The molecule has 0 amide bonds. The molecule has 0 saturated heterocycles. The molecule has 0 heterocycles. The van der Waals surface area contributed by atoms with Crippen molar-refractivity contribution in [3.8, 4) is 11.8 Å². The van der Waals surface area contributed by atoms with E-state index in [4.69, 9.17) is 10.00 Å². The van der Waals surface area contributed by atoms with E-state index in [1.165, 1.54) is 0 Å². The van der Waals surface area contributed by atoms with E-state index in [1.54, 1.807) is 7.11 Å². The van der Waals surface area contributed by atoms with E-state index in [9.17, 15) is 0 Å². The molecular weight excluding hydrogens is 328 g/mol. The fourth-order valence-electron chi connectivity index (χ4n) is 2.24. The van der Waals surface area contributed by atoms with Gasteiger partial charge in [0.1, 0.15) is 5.75 Å². The highest BCUT2D eigenvalue weighted by Gasteiger charge is 2.12. The molecule has 0 aliphatic rings. The van der Waals surface area contributed by atoms with Crippen LogP contribution in [0.2, 0.25) is 0 Å². The van der Waals surface area contributed by atoms with E-state index in [2.05, 4.69) is 34.2 Å². The van der Waals surface area contributed by atoms with Crippen molar-refractivity contribution in [3.63, 3.8) is 0 Å². The highest BCUT2D eigenvalue weighted by molar-refractivity contribution is 9.10. The van der Waals surface area contributed by atoms with Crippen LogP contribution >= 0.6 is 15.9 Å². The average molecular weight is 345 g/mol. The number of hydrogen-bond acceptors (Lipinski definition) is 3. The molecule has 0 aromatic heterocycles. The smallest absolute Gasteiger partial charge is 0.143 e. The van der Waals surface area contributed by atoms with Crippen molar-refractivity contribution >= 4 is 21.6 Å². The van der Waals surface area contributed by atoms with Crippen molar-refractivity contribution in [2.75, 3.05) is 12.4 Å². The maximum atomic E-state index is 8.99. The molecule has 2 aromatic carbocycles. The van der Waals surface area contributed by atoms with Crippen LogP contribution in [0.25, 0.3) is 0 Å². The third-order valence-electron chi connectivity index (χ3n) is 3.36. The summed E-state index contributed by atoms with van der Waals surface area (Å²) in [5.41, 5.74) is 3.80. The molecule has 0 fully saturated rings. The highest BCUT2D eigenvalue weighted by Crippen LogP contribution is 2.34. The number of ether oxygens (including phenoxy) is 1. The van der Waals surface area contributed by atoms with E-state index in [0.717, 1.165) is 27.0 Å². The monoisotopic (exact) mass is 344 g/mol. The van der Waals surface area contributed by atoms with Crippen molar-refractivity contribution in [1.82, 2.24) is 0 Å². The third kappa shape index (κ3) is 3.56. The molecule has 0 aliphatic heterocycles. The molecule has 1 N–H and O–H groups in total. The Morgan fingerprint density at radius 3 is 2.71 bits per heavy atom. The molecule has 0 bridgehead atoms. The zero-order valence-electron chi connectivity index (χ0n) is 12.3. The van der Waals surface area contributed by atoms with E-state index >= 15 is 0 Å². The minimum atomic E-state index is 0.0760. The molecule has 108 valence electrons. The summed E-state index contributed by atoms with van der Waals surface area (Å²) >= 11 is 3.47. The van der Waals surface area contributed by atoms with Gasteiger partial charge in [0.05, 0.1) is 24.4 Å². The van der Waals surface area contributed by atoms with Gasteiger partial charge in [0, 0.05) is 10.5 Å². The van der Waals surface area contributed by atoms with Crippen LogP contribution in [0.15, 0.2) is 40.9 Å². The summed E-state index contributed by atoms with van der Waals surface area (Å²) < 4.78 is 6.43. The van der Waals surface area contributed by atoms with Crippen LogP contribution < -0.4 is 10.1 Å². The Kier molecular flexibility index (Phi) is 4.87. The molecular formula is C17H17BrN2O. The predicted octanol–water partition coefficient (Wildman–Crippen LogP) is 4.81. The standard InChI is InChI=1S/C17H17BrN2O/c1-11-7-15(18)9-16(21-3)17(11)20-12(2)14-6-4-5-13(8-14)10-19/h4-9,12,20H,1-3H3. The lowest BCUT2D eigenvalue weighted by molar-refractivity contribution is 0.415. The first-order chi connectivity index (χ1) is 10.0. The Hall–Kier alpha value is -1.99. The topological polar surface area (TPSA) is 45.0 Å². The normalized spacial score (nSPS) is 11.6. The minimum absolute atomic E-state index is 0.0760.